The lowest BCUT2D eigenvalue weighted by molar-refractivity contribution is -0.112. The summed E-state index contributed by atoms with van der Waals surface area (Å²) in [4.78, 5) is 13.6. The molecule has 3 rings (SSSR count). The quantitative estimate of drug-likeness (QED) is 0.110. The SMILES string of the molecule is C/C=C/CCC(=O)[B-](c1c(F)c(F)c(F)c(F)c1F)(c1c(F)c(F)c(F)c(F)c1F)c1c(F)c(F)c(F)c(F)c1F. The molecule has 0 amide bonds. The van der Waals surface area contributed by atoms with Crippen molar-refractivity contribution in [3.05, 3.63) is 99.4 Å². The predicted octanol–water partition coefficient (Wildman–Crippen LogP) is 5.71. The minimum atomic E-state index is -6.17. The summed E-state index contributed by atoms with van der Waals surface area (Å²) in [6.07, 6.45) is -6.34. The van der Waals surface area contributed by atoms with E-state index in [4.69, 9.17) is 0 Å². The molecule has 0 aromatic heterocycles. The van der Waals surface area contributed by atoms with E-state index in [1.54, 1.807) is 0 Å². The van der Waals surface area contributed by atoms with Crippen molar-refractivity contribution in [2.75, 3.05) is 0 Å². The summed E-state index contributed by atoms with van der Waals surface area (Å²) in [7, 11) is 0. The zero-order valence-corrected chi connectivity index (χ0v) is 19.7. The Bertz CT molecular complexity index is 1380. The minimum Gasteiger partial charge on any atom is -0.345 e. The van der Waals surface area contributed by atoms with Gasteiger partial charge in [-0.2, -0.15) is 0 Å². The van der Waals surface area contributed by atoms with Crippen LogP contribution in [-0.2, 0) is 4.79 Å². The maximum atomic E-state index is 15.2. The summed E-state index contributed by atoms with van der Waals surface area (Å²) < 4.78 is 219. The summed E-state index contributed by atoms with van der Waals surface area (Å²) in [5.74, 6) is -47.4. The van der Waals surface area contributed by atoms with Gasteiger partial charge in [0.2, 0.25) is 0 Å². The zero-order valence-electron chi connectivity index (χ0n) is 19.7. The number of benzene rings is 3. The molecule has 0 N–H and O–H groups in total. The van der Waals surface area contributed by atoms with Crippen molar-refractivity contribution in [1.82, 2.24) is 0 Å². The maximum absolute atomic E-state index is 15.2. The third kappa shape index (κ3) is 4.45. The molecule has 0 aliphatic rings. The number of hydrogen-bond donors (Lipinski definition) is 0. The van der Waals surface area contributed by atoms with Crippen molar-refractivity contribution in [2.45, 2.75) is 19.8 Å². The smallest absolute Gasteiger partial charge is 0.200 e. The predicted molar refractivity (Wildman–Crippen MR) is 112 cm³/mol. The van der Waals surface area contributed by atoms with Crippen LogP contribution in [0.1, 0.15) is 19.8 Å². The molecule has 0 aliphatic heterocycles. The summed E-state index contributed by atoms with van der Waals surface area (Å²) in [5.41, 5.74) is -11.2. The van der Waals surface area contributed by atoms with Crippen LogP contribution >= 0.6 is 0 Å². The highest BCUT2D eigenvalue weighted by atomic mass is 19.2. The Kier molecular flexibility index (Phi) is 8.61. The Morgan fingerprint density at radius 2 is 0.683 bits per heavy atom. The highest BCUT2D eigenvalue weighted by molar-refractivity contribution is 7.30. The van der Waals surface area contributed by atoms with E-state index < -0.39 is 128 Å². The number of rotatable bonds is 7. The fourth-order valence-corrected chi connectivity index (χ4v) is 4.53. The van der Waals surface area contributed by atoms with Gasteiger partial charge in [0, 0.05) is 0 Å². The number of hydrogen-bond acceptors (Lipinski definition) is 1. The van der Waals surface area contributed by atoms with Crippen molar-refractivity contribution in [3.8, 4) is 0 Å². The lowest BCUT2D eigenvalue weighted by Gasteiger charge is -2.42. The standard InChI is InChI=1S/C24H9BF15O/c1-2-3-4-5-6(41)25(7-10(26)16(32)22(38)17(33)11(7)27,8-12(28)18(34)23(39)19(35)13(8)29)9-14(30)20(36)24(40)21(37)15(9)31/h2-3H,4-5H2,1H3/q-1/b3-2+. The number of allylic oxidation sites excluding steroid dienone is 2. The Balaban J connectivity index is 2.91. The van der Waals surface area contributed by atoms with Gasteiger partial charge in [0.15, 0.2) is 58.5 Å². The van der Waals surface area contributed by atoms with Crippen LogP contribution in [0.25, 0.3) is 0 Å². The normalized spacial score (nSPS) is 12.1. The van der Waals surface area contributed by atoms with Crippen molar-refractivity contribution in [2.24, 2.45) is 0 Å². The molecule has 3 aromatic rings. The molecular weight excluding hydrogens is 600 g/mol. The average Bonchev–Trinajstić information content (AvgIpc) is 2.94. The first-order valence-corrected chi connectivity index (χ1v) is 10.9. The van der Waals surface area contributed by atoms with Gasteiger partial charge < -0.3 is 4.79 Å². The van der Waals surface area contributed by atoms with Crippen molar-refractivity contribution >= 4 is 28.2 Å². The fraction of sp³-hybridized carbons (Fsp3) is 0.125. The Hall–Kier alpha value is -3.92. The van der Waals surface area contributed by atoms with Gasteiger partial charge in [-0.15, -0.1) is 16.4 Å². The van der Waals surface area contributed by atoms with E-state index in [-0.39, 0.29) is 0 Å². The van der Waals surface area contributed by atoms with Crippen molar-refractivity contribution in [3.63, 3.8) is 0 Å². The third-order valence-electron chi connectivity index (χ3n) is 6.31. The van der Waals surface area contributed by atoms with Crippen LogP contribution in [0.3, 0.4) is 0 Å². The average molecular weight is 609 g/mol. The molecule has 220 valence electrons. The number of carbonyl (C=O) groups excluding carboxylic acids is 1. The molecule has 0 unspecified atom stereocenters. The Morgan fingerprint density at radius 1 is 0.463 bits per heavy atom. The molecular formula is C24H9BF15O-. The molecule has 0 atom stereocenters. The van der Waals surface area contributed by atoms with E-state index >= 15 is 26.3 Å². The van der Waals surface area contributed by atoms with Crippen LogP contribution in [-0.4, -0.2) is 11.8 Å². The van der Waals surface area contributed by atoms with Gasteiger partial charge in [-0.05, 0) is 25.4 Å². The highest BCUT2D eigenvalue weighted by Crippen LogP contribution is 2.29. The summed E-state index contributed by atoms with van der Waals surface area (Å²) in [6.45, 7) is 1.26. The van der Waals surface area contributed by atoms with Crippen molar-refractivity contribution in [1.29, 1.82) is 0 Å². The molecule has 0 bridgehead atoms. The van der Waals surface area contributed by atoms with Crippen LogP contribution in [0.4, 0.5) is 65.9 Å². The summed E-state index contributed by atoms with van der Waals surface area (Å²) in [5, 5.41) is 0. The van der Waals surface area contributed by atoms with E-state index in [1.165, 1.54) is 6.92 Å². The van der Waals surface area contributed by atoms with Gasteiger partial charge in [-0.3, -0.25) is 0 Å². The Labute approximate surface area is 218 Å². The van der Waals surface area contributed by atoms with E-state index in [2.05, 4.69) is 0 Å². The topological polar surface area (TPSA) is 17.1 Å². The molecule has 0 saturated carbocycles. The minimum absolute atomic E-state index is 0.765. The van der Waals surface area contributed by atoms with Gasteiger partial charge in [-0.25, -0.2) is 65.9 Å². The van der Waals surface area contributed by atoms with E-state index in [1.807, 2.05) is 0 Å². The molecule has 0 fully saturated rings. The lowest BCUT2D eigenvalue weighted by atomic mass is 9.12. The zero-order chi connectivity index (χ0) is 31.3. The third-order valence-corrected chi connectivity index (χ3v) is 6.31. The molecule has 41 heavy (non-hydrogen) atoms. The van der Waals surface area contributed by atoms with Gasteiger partial charge in [-0.1, -0.05) is 12.2 Å². The summed E-state index contributed by atoms with van der Waals surface area (Å²) in [6, 6.07) is 0. The first-order valence-electron chi connectivity index (χ1n) is 10.9. The lowest BCUT2D eigenvalue weighted by Crippen LogP contribution is -2.77. The first kappa shape index (κ1) is 31.6. The molecule has 0 saturated heterocycles. The van der Waals surface area contributed by atoms with Gasteiger partial charge in [0.1, 0.15) is 34.9 Å². The molecule has 3 aromatic carbocycles. The van der Waals surface area contributed by atoms with E-state index in [0.29, 0.717) is 0 Å². The van der Waals surface area contributed by atoms with Crippen LogP contribution < -0.4 is 16.4 Å². The van der Waals surface area contributed by atoms with Gasteiger partial charge in [0.25, 0.3) is 0 Å². The van der Waals surface area contributed by atoms with Crippen LogP contribution in [0.15, 0.2) is 12.2 Å². The first-order chi connectivity index (χ1) is 19.0. The van der Waals surface area contributed by atoms with Crippen LogP contribution in [0, 0.1) is 87.3 Å². The molecule has 0 spiro atoms. The molecule has 0 radical (unpaired) electrons. The van der Waals surface area contributed by atoms with Gasteiger partial charge in [0.05, 0.1) is 0 Å². The fourth-order valence-electron chi connectivity index (χ4n) is 4.53. The molecule has 1 nitrogen and oxygen atoms in total. The molecule has 0 aliphatic carbocycles. The maximum Gasteiger partial charge on any atom is 0.200 e. The number of carbonyl (C=O) groups is 1. The monoisotopic (exact) mass is 609 g/mol. The van der Waals surface area contributed by atoms with Crippen LogP contribution in [0.2, 0.25) is 0 Å². The Morgan fingerprint density at radius 3 is 0.902 bits per heavy atom. The highest BCUT2D eigenvalue weighted by Gasteiger charge is 2.51. The van der Waals surface area contributed by atoms with Crippen LogP contribution in [0.5, 0.6) is 0 Å². The molecule has 17 heteroatoms. The van der Waals surface area contributed by atoms with E-state index in [0.717, 1.165) is 12.2 Å². The second-order valence-electron chi connectivity index (χ2n) is 8.39. The molecule has 0 heterocycles. The summed E-state index contributed by atoms with van der Waals surface area (Å²) >= 11 is 0. The van der Waals surface area contributed by atoms with Gasteiger partial charge >= 0.3 is 0 Å². The van der Waals surface area contributed by atoms with E-state index in [9.17, 15) is 44.3 Å². The second kappa shape index (κ2) is 11.2. The van der Waals surface area contributed by atoms with Crippen molar-refractivity contribution < 1.29 is 70.7 Å². The number of halogens is 15. The second-order valence-corrected chi connectivity index (χ2v) is 8.39. The largest absolute Gasteiger partial charge is 0.345 e.